The summed E-state index contributed by atoms with van der Waals surface area (Å²) in [6, 6.07) is 0. The molecule has 0 spiro atoms. The van der Waals surface area contributed by atoms with E-state index in [0.29, 0.717) is 17.6 Å². The number of ether oxygens (including phenoxy) is 1. The fourth-order valence-electron chi connectivity index (χ4n) is 7.62. The second kappa shape index (κ2) is 6.43. The lowest BCUT2D eigenvalue weighted by atomic mass is 9.46. The van der Waals surface area contributed by atoms with E-state index < -0.39 is 6.10 Å². The van der Waals surface area contributed by atoms with E-state index >= 15 is 0 Å². The van der Waals surface area contributed by atoms with Gasteiger partial charge in [-0.1, -0.05) is 25.5 Å². The number of ketones is 1. The molecule has 1 N–H and O–H groups in total. The molecule has 4 nitrogen and oxygen atoms in total. The normalized spacial score (nSPS) is 48.7. The van der Waals surface area contributed by atoms with Crippen LogP contribution in [0.1, 0.15) is 72.6 Å². The Morgan fingerprint density at radius 2 is 1.81 bits per heavy atom. The molecular formula is C23H34O4. The minimum atomic E-state index is -0.440. The van der Waals surface area contributed by atoms with Gasteiger partial charge >= 0.3 is 5.97 Å². The van der Waals surface area contributed by atoms with E-state index in [1.54, 1.807) is 6.92 Å². The van der Waals surface area contributed by atoms with E-state index in [-0.39, 0.29) is 34.7 Å². The number of rotatable bonds is 2. The lowest BCUT2D eigenvalue weighted by molar-refractivity contribution is -0.150. The smallest absolute Gasteiger partial charge is 0.302 e. The summed E-state index contributed by atoms with van der Waals surface area (Å²) in [6.45, 7) is 7.89. The molecule has 3 saturated carbocycles. The van der Waals surface area contributed by atoms with Gasteiger partial charge < -0.3 is 9.84 Å². The summed E-state index contributed by atoms with van der Waals surface area (Å²) in [5, 5.41) is 11.1. The van der Waals surface area contributed by atoms with Crippen LogP contribution in [0.3, 0.4) is 0 Å². The molecule has 0 radical (unpaired) electrons. The van der Waals surface area contributed by atoms with Crippen LogP contribution in [0, 0.1) is 34.5 Å². The summed E-state index contributed by atoms with van der Waals surface area (Å²) in [4.78, 5) is 23.6. The number of aliphatic hydroxyl groups excluding tert-OH is 1. The summed E-state index contributed by atoms with van der Waals surface area (Å²) >= 11 is 0. The van der Waals surface area contributed by atoms with E-state index in [1.165, 1.54) is 12.5 Å². The Hall–Kier alpha value is -1.16. The van der Waals surface area contributed by atoms with Crippen LogP contribution in [0.15, 0.2) is 11.6 Å². The van der Waals surface area contributed by atoms with Gasteiger partial charge in [-0.05, 0) is 74.0 Å². The Morgan fingerprint density at radius 1 is 1.07 bits per heavy atom. The van der Waals surface area contributed by atoms with Crippen LogP contribution in [0.5, 0.6) is 0 Å². The van der Waals surface area contributed by atoms with Gasteiger partial charge in [-0.15, -0.1) is 0 Å². The first kappa shape index (κ1) is 19.2. The third-order valence-electron chi connectivity index (χ3n) is 8.91. The zero-order valence-electron chi connectivity index (χ0n) is 17.2. The van der Waals surface area contributed by atoms with Gasteiger partial charge in [0, 0.05) is 19.3 Å². The number of hydrogen-bond donors (Lipinski definition) is 1. The van der Waals surface area contributed by atoms with E-state index in [2.05, 4.69) is 19.9 Å². The van der Waals surface area contributed by atoms with Crippen molar-refractivity contribution in [2.75, 3.05) is 0 Å². The van der Waals surface area contributed by atoms with Crippen molar-refractivity contribution in [2.45, 2.75) is 84.8 Å². The Bertz CT molecular complexity index is 682. The maximum absolute atomic E-state index is 12.2. The van der Waals surface area contributed by atoms with Crippen molar-refractivity contribution in [3.63, 3.8) is 0 Å². The minimum absolute atomic E-state index is 0.0463. The predicted octanol–water partition coefficient (Wildman–Crippen LogP) is 4.06. The van der Waals surface area contributed by atoms with E-state index in [4.69, 9.17) is 4.74 Å². The second-order valence-corrected chi connectivity index (χ2v) is 10.1. The number of carbonyl (C=O) groups is 2. The molecule has 4 aliphatic rings. The number of hydrogen-bond acceptors (Lipinski definition) is 4. The maximum Gasteiger partial charge on any atom is 0.302 e. The molecule has 0 unspecified atom stereocenters. The van der Waals surface area contributed by atoms with Gasteiger partial charge in [0.1, 0.15) is 11.9 Å². The zero-order valence-corrected chi connectivity index (χ0v) is 17.2. The van der Waals surface area contributed by atoms with Crippen molar-refractivity contribution < 1.29 is 19.4 Å². The molecule has 8 atom stereocenters. The molecule has 4 heteroatoms. The number of esters is 1. The lowest BCUT2D eigenvalue weighted by Gasteiger charge is -2.59. The molecule has 150 valence electrons. The highest BCUT2D eigenvalue weighted by Gasteiger charge is 2.61. The molecule has 0 saturated heterocycles. The van der Waals surface area contributed by atoms with Gasteiger partial charge in [0.2, 0.25) is 0 Å². The van der Waals surface area contributed by atoms with Gasteiger partial charge in [-0.3, -0.25) is 9.59 Å². The maximum atomic E-state index is 12.2. The minimum Gasteiger partial charge on any atom is -0.462 e. The highest BCUT2D eigenvalue weighted by Crippen LogP contribution is 2.66. The van der Waals surface area contributed by atoms with Crippen LogP contribution in [0.4, 0.5) is 0 Å². The van der Waals surface area contributed by atoms with Crippen molar-refractivity contribution in [1.82, 2.24) is 0 Å². The number of fused-ring (bicyclic) bond motifs is 5. The summed E-state index contributed by atoms with van der Waals surface area (Å²) in [5.41, 5.74) is 1.43. The van der Waals surface area contributed by atoms with Gasteiger partial charge in [0.15, 0.2) is 0 Å². The molecule has 0 aromatic rings. The summed E-state index contributed by atoms with van der Waals surface area (Å²) in [6.07, 6.45) is 8.50. The summed E-state index contributed by atoms with van der Waals surface area (Å²) < 4.78 is 5.48. The molecular weight excluding hydrogens is 340 g/mol. The number of Topliss-reactive ketones (excluding diaryl/α,β-unsaturated/α-hetero) is 1. The Kier molecular flexibility index (Phi) is 4.57. The fourth-order valence-corrected chi connectivity index (χ4v) is 7.62. The molecule has 3 fully saturated rings. The van der Waals surface area contributed by atoms with Crippen molar-refractivity contribution in [3.8, 4) is 0 Å². The monoisotopic (exact) mass is 374 g/mol. The van der Waals surface area contributed by atoms with E-state index in [0.717, 1.165) is 44.9 Å². The SMILES string of the molecule is CC(=O)O[C@H]1CC[C@@]2(C)C(=C[C@@H](O)[C@H]3[C@@H]4CC[C@H](C(C)=O)[C@@]4(C)CC[C@@H]32)C1. The quantitative estimate of drug-likeness (QED) is 0.585. The molecule has 0 aromatic carbocycles. The van der Waals surface area contributed by atoms with Crippen molar-refractivity contribution in [3.05, 3.63) is 11.6 Å². The van der Waals surface area contributed by atoms with Gasteiger partial charge in [0.05, 0.1) is 6.10 Å². The number of aliphatic hydroxyl groups is 1. The summed E-state index contributed by atoms with van der Waals surface area (Å²) in [5.74, 6) is 1.43. The van der Waals surface area contributed by atoms with E-state index in [1.807, 2.05) is 0 Å². The van der Waals surface area contributed by atoms with Crippen LogP contribution in [0.2, 0.25) is 0 Å². The first-order chi connectivity index (χ1) is 12.7. The average molecular weight is 375 g/mol. The zero-order chi connectivity index (χ0) is 19.6. The van der Waals surface area contributed by atoms with Gasteiger partial charge in [0.25, 0.3) is 0 Å². The topological polar surface area (TPSA) is 63.6 Å². The molecule has 0 aromatic heterocycles. The van der Waals surface area contributed by atoms with E-state index in [9.17, 15) is 14.7 Å². The van der Waals surface area contributed by atoms with Crippen LogP contribution in [-0.2, 0) is 14.3 Å². The van der Waals surface area contributed by atoms with Crippen LogP contribution in [0.25, 0.3) is 0 Å². The van der Waals surface area contributed by atoms with Crippen molar-refractivity contribution in [1.29, 1.82) is 0 Å². The number of carbonyl (C=O) groups excluding carboxylic acids is 2. The molecule has 27 heavy (non-hydrogen) atoms. The molecule has 0 amide bonds. The Morgan fingerprint density at radius 3 is 2.48 bits per heavy atom. The third-order valence-corrected chi connectivity index (χ3v) is 8.91. The van der Waals surface area contributed by atoms with Crippen molar-refractivity contribution in [2.24, 2.45) is 34.5 Å². The van der Waals surface area contributed by atoms with Gasteiger partial charge in [-0.2, -0.15) is 0 Å². The first-order valence-corrected chi connectivity index (χ1v) is 10.7. The average Bonchev–Trinajstić information content (AvgIpc) is 2.93. The highest BCUT2D eigenvalue weighted by atomic mass is 16.5. The first-order valence-electron chi connectivity index (χ1n) is 10.7. The Labute approximate surface area is 162 Å². The largest absolute Gasteiger partial charge is 0.462 e. The fraction of sp³-hybridized carbons (Fsp3) is 0.826. The van der Waals surface area contributed by atoms with Crippen LogP contribution >= 0.6 is 0 Å². The highest BCUT2D eigenvalue weighted by molar-refractivity contribution is 5.79. The predicted molar refractivity (Wildman–Crippen MR) is 103 cm³/mol. The van der Waals surface area contributed by atoms with Crippen LogP contribution in [-0.4, -0.2) is 29.1 Å². The molecule has 4 aliphatic carbocycles. The van der Waals surface area contributed by atoms with Crippen molar-refractivity contribution >= 4 is 11.8 Å². The third kappa shape index (κ3) is 2.82. The summed E-state index contributed by atoms with van der Waals surface area (Å²) in [7, 11) is 0. The molecule has 0 aliphatic heterocycles. The lowest BCUT2D eigenvalue weighted by Crippen LogP contribution is -2.55. The molecule has 4 rings (SSSR count). The molecule has 0 heterocycles. The van der Waals surface area contributed by atoms with Crippen LogP contribution < -0.4 is 0 Å². The van der Waals surface area contributed by atoms with Gasteiger partial charge in [-0.25, -0.2) is 0 Å². The second-order valence-electron chi connectivity index (χ2n) is 10.1. The Balaban J connectivity index is 1.64. The standard InChI is InChI=1S/C23H34O4/c1-13(24)17-5-6-18-21-19(8-10-23(17,18)4)22(3)9-7-16(27-14(2)25)11-15(22)12-20(21)26/h12,16-21,26H,5-11H2,1-4H3/t16-,17+,18-,19-,20+,21-,22-,23+/m0/s1. The molecule has 0 bridgehead atoms.